The Morgan fingerprint density at radius 1 is 1.14 bits per heavy atom. The summed E-state index contributed by atoms with van der Waals surface area (Å²) >= 11 is 0. The third-order valence-electron chi connectivity index (χ3n) is 2.34. The SMILES string of the molecule is Cc1nc(N(C)C)c2c(n1)=CCCC=2. The molecule has 0 N–H and O–H groups in total. The third-order valence-corrected chi connectivity index (χ3v) is 2.34. The van der Waals surface area contributed by atoms with Gasteiger partial charge >= 0.3 is 0 Å². The van der Waals surface area contributed by atoms with Gasteiger partial charge in [0.1, 0.15) is 11.6 Å². The van der Waals surface area contributed by atoms with Crippen LogP contribution in [0.5, 0.6) is 0 Å². The van der Waals surface area contributed by atoms with Crippen molar-refractivity contribution in [1.82, 2.24) is 9.97 Å². The van der Waals surface area contributed by atoms with Gasteiger partial charge in [-0.2, -0.15) is 0 Å². The Labute approximate surface area is 83.8 Å². The van der Waals surface area contributed by atoms with Crippen molar-refractivity contribution in [3.05, 3.63) is 16.4 Å². The molecule has 0 unspecified atom stereocenters. The molecule has 3 nitrogen and oxygen atoms in total. The summed E-state index contributed by atoms with van der Waals surface area (Å²) in [5, 5.41) is 2.28. The second kappa shape index (κ2) is 3.40. The van der Waals surface area contributed by atoms with Crippen LogP contribution >= 0.6 is 0 Å². The predicted octanol–water partition coefficient (Wildman–Crippen LogP) is 0.206. The number of fused-ring (bicyclic) bond motifs is 1. The van der Waals surface area contributed by atoms with Crippen molar-refractivity contribution in [3.8, 4) is 0 Å². The van der Waals surface area contributed by atoms with Crippen molar-refractivity contribution >= 4 is 18.0 Å². The maximum atomic E-state index is 4.45. The molecule has 0 saturated heterocycles. The maximum absolute atomic E-state index is 4.45. The first-order valence-electron chi connectivity index (χ1n) is 4.91. The van der Waals surface area contributed by atoms with Gasteiger partial charge in [-0.15, -0.1) is 0 Å². The highest BCUT2D eigenvalue weighted by atomic mass is 15.1. The third kappa shape index (κ3) is 1.50. The zero-order valence-electron chi connectivity index (χ0n) is 8.91. The van der Waals surface area contributed by atoms with Crippen LogP contribution in [0, 0.1) is 6.92 Å². The van der Waals surface area contributed by atoms with Crippen molar-refractivity contribution < 1.29 is 0 Å². The minimum atomic E-state index is 0.846. The van der Waals surface area contributed by atoms with Crippen molar-refractivity contribution in [2.45, 2.75) is 19.8 Å². The predicted molar refractivity (Wildman–Crippen MR) is 58.5 cm³/mol. The average Bonchev–Trinajstić information content (AvgIpc) is 2.16. The van der Waals surface area contributed by atoms with Gasteiger partial charge in [0.05, 0.1) is 5.35 Å². The van der Waals surface area contributed by atoms with Gasteiger partial charge in [0.15, 0.2) is 0 Å². The number of anilines is 1. The zero-order chi connectivity index (χ0) is 10.1. The van der Waals surface area contributed by atoms with Gasteiger partial charge in [-0.05, 0) is 19.8 Å². The van der Waals surface area contributed by atoms with Gasteiger partial charge in [0.25, 0.3) is 0 Å². The van der Waals surface area contributed by atoms with Crippen LogP contribution in [0.3, 0.4) is 0 Å². The lowest BCUT2D eigenvalue weighted by atomic mass is 10.1. The molecule has 2 rings (SSSR count). The smallest absolute Gasteiger partial charge is 0.139 e. The van der Waals surface area contributed by atoms with Crippen LogP contribution in [0.4, 0.5) is 5.82 Å². The zero-order valence-corrected chi connectivity index (χ0v) is 8.91. The van der Waals surface area contributed by atoms with Crippen LogP contribution in [-0.2, 0) is 0 Å². The molecule has 0 amide bonds. The second-order valence-corrected chi connectivity index (χ2v) is 3.77. The monoisotopic (exact) mass is 189 g/mol. The summed E-state index contributed by atoms with van der Waals surface area (Å²) in [5.41, 5.74) is 0. The molecule has 0 spiro atoms. The van der Waals surface area contributed by atoms with Crippen LogP contribution in [0.1, 0.15) is 18.7 Å². The first-order valence-corrected chi connectivity index (χ1v) is 4.91. The fraction of sp³-hybridized carbons (Fsp3) is 0.455. The topological polar surface area (TPSA) is 29.0 Å². The molecule has 0 radical (unpaired) electrons. The highest BCUT2D eigenvalue weighted by molar-refractivity contribution is 5.48. The van der Waals surface area contributed by atoms with E-state index < -0.39 is 0 Å². The largest absolute Gasteiger partial charge is 0.362 e. The molecule has 0 aromatic carbocycles. The lowest BCUT2D eigenvalue weighted by molar-refractivity contribution is 0.937. The van der Waals surface area contributed by atoms with Crippen molar-refractivity contribution in [3.63, 3.8) is 0 Å². The average molecular weight is 189 g/mol. The van der Waals surface area contributed by atoms with E-state index in [1.807, 2.05) is 25.9 Å². The quantitative estimate of drug-likeness (QED) is 0.632. The highest BCUT2D eigenvalue weighted by Gasteiger charge is 2.05. The van der Waals surface area contributed by atoms with E-state index in [-0.39, 0.29) is 0 Å². The van der Waals surface area contributed by atoms with Gasteiger partial charge in [-0.3, -0.25) is 0 Å². The molecule has 0 fully saturated rings. The molecule has 14 heavy (non-hydrogen) atoms. The van der Waals surface area contributed by atoms with E-state index in [1.165, 1.54) is 5.22 Å². The van der Waals surface area contributed by atoms with E-state index in [1.54, 1.807) is 0 Å². The van der Waals surface area contributed by atoms with Gasteiger partial charge < -0.3 is 4.90 Å². The molecule has 1 aromatic rings. The molecule has 3 heteroatoms. The molecular formula is C11H15N3. The molecule has 1 aromatic heterocycles. The molecule has 0 atom stereocenters. The summed E-state index contributed by atoms with van der Waals surface area (Å²) in [6.07, 6.45) is 6.61. The number of rotatable bonds is 1. The summed E-state index contributed by atoms with van der Waals surface area (Å²) in [5.74, 6) is 1.88. The normalized spacial score (nSPS) is 13.9. The lowest BCUT2D eigenvalue weighted by Gasteiger charge is -2.14. The van der Waals surface area contributed by atoms with Crippen LogP contribution in [0.2, 0.25) is 0 Å². The lowest BCUT2D eigenvalue weighted by Crippen LogP contribution is -2.37. The van der Waals surface area contributed by atoms with E-state index >= 15 is 0 Å². The van der Waals surface area contributed by atoms with Crippen LogP contribution in [0.15, 0.2) is 0 Å². The minimum Gasteiger partial charge on any atom is -0.362 e. The van der Waals surface area contributed by atoms with E-state index in [9.17, 15) is 0 Å². The Balaban J connectivity index is 2.79. The van der Waals surface area contributed by atoms with Crippen LogP contribution in [-0.4, -0.2) is 24.1 Å². The van der Waals surface area contributed by atoms with Crippen molar-refractivity contribution in [2.75, 3.05) is 19.0 Å². The number of aromatic nitrogens is 2. The van der Waals surface area contributed by atoms with Gasteiger partial charge in [-0.1, -0.05) is 12.2 Å². The Bertz CT molecular complexity index is 460. The number of aryl methyl sites for hydroxylation is 1. The highest BCUT2D eigenvalue weighted by Crippen LogP contribution is 2.01. The molecule has 1 heterocycles. The van der Waals surface area contributed by atoms with Crippen LogP contribution < -0.4 is 15.5 Å². The summed E-state index contributed by atoms with van der Waals surface area (Å²) < 4.78 is 0. The standard InChI is InChI=1S/C11H15N3/c1-8-12-10-7-5-4-6-9(10)11(13-8)14(2)3/h6-7H,4-5H2,1-3H3. The van der Waals surface area contributed by atoms with Crippen molar-refractivity contribution in [2.24, 2.45) is 0 Å². The first kappa shape index (κ1) is 9.19. The maximum Gasteiger partial charge on any atom is 0.139 e. The second-order valence-electron chi connectivity index (χ2n) is 3.77. The first-order chi connectivity index (χ1) is 6.68. The molecule has 0 bridgehead atoms. The summed E-state index contributed by atoms with van der Waals surface area (Å²) in [6, 6.07) is 0. The molecular weight excluding hydrogens is 174 g/mol. The summed E-state index contributed by atoms with van der Waals surface area (Å²) in [4.78, 5) is 10.9. The molecule has 1 aliphatic carbocycles. The molecule has 1 aliphatic rings. The number of nitrogens with zero attached hydrogens (tertiary/aromatic N) is 3. The molecule has 74 valence electrons. The number of hydrogen-bond donors (Lipinski definition) is 0. The Morgan fingerprint density at radius 2 is 1.86 bits per heavy atom. The number of hydrogen-bond acceptors (Lipinski definition) is 3. The Morgan fingerprint density at radius 3 is 2.57 bits per heavy atom. The van der Waals surface area contributed by atoms with Crippen LogP contribution in [0.25, 0.3) is 12.2 Å². The van der Waals surface area contributed by atoms with Crippen molar-refractivity contribution in [1.29, 1.82) is 0 Å². The minimum absolute atomic E-state index is 0.846. The van der Waals surface area contributed by atoms with E-state index in [2.05, 4.69) is 22.1 Å². The van der Waals surface area contributed by atoms with Gasteiger partial charge in [-0.25, -0.2) is 9.97 Å². The Hall–Kier alpha value is -1.38. The van der Waals surface area contributed by atoms with E-state index in [0.29, 0.717) is 0 Å². The Kier molecular flexibility index (Phi) is 2.23. The fourth-order valence-electron chi connectivity index (χ4n) is 1.73. The molecule has 0 saturated carbocycles. The summed E-state index contributed by atoms with van der Waals surface area (Å²) in [7, 11) is 4.04. The van der Waals surface area contributed by atoms with Gasteiger partial charge in [0, 0.05) is 19.3 Å². The van der Waals surface area contributed by atoms with Gasteiger partial charge in [0.2, 0.25) is 0 Å². The van der Waals surface area contributed by atoms with E-state index in [4.69, 9.17) is 0 Å². The van der Waals surface area contributed by atoms with E-state index in [0.717, 1.165) is 29.8 Å². The summed E-state index contributed by atoms with van der Waals surface area (Å²) in [6.45, 7) is 1.94. The fourth-order valence-corrected chi connectivity index (χ4v) is 1.73. The molecule has 0 aliphatic heterocycles.